The summed E-state index contributed by atoms with van der Waals surface area (Å²) in [6.45, 7) is 2.07. The number of rotatable bonds is 6. The zero-order valence-electron chi connectivity index (χ0n) is 11.7. The Morgan fingerprint density at radius 1 is 1.52 bits per heavy atom. The van der Waals surface area contributed by atoms with Crippen molar-refractivity contribution in [1.82, 2.24) is 14.7 Å². The van der Waals surface area contributed by atoms with E-state index in [9.17, 15) is 9.59 Å². The quantitative estimate of drug-likeness (QED) is 0.825. The predicted molar refractivity (Wildman–Crippen MR) is 71.4 cm³/mol. The van der Waals surface area contributed by atoms with Gasteiger partial charge in [0.05, 0.1) is 6.61 Å². The average Bonchev–Trinajstić information content (AvgIpc) is 2.87. The normalized spacial score (nSPS) is 10.8. The number of aromatic nitrogens is 3. The first-order valence-corrected chi connectivity index (χ1v) is 6.26. The predicted octanol–water partition coefficient (Wildman–Crippen LogP) is 0.475. The van der Waals surface area contributed by atoms with E-state index in [0.29, 0.717) is 24.4 Å². The van der Waals surface area contributed by atoms with Gasteiger partial charge in [-0.2, -0.15) is 4.98 Å². The molecule has 0 spiro atoms. The molecule has 0 saturated carbocycles. The summed E-state index contributed by atoms with van der Waals surface area (Å²) in [4.78, 5) is 27.3. The van der Waals surface area contributed by atoms with Gasteiger partial charge in [0.1, 0.15) is 12.1 Å². The lowest BCUT2D eigenvalue weighted by Gasteiger charge is -2.05. The van der Waals surface area contributed by atoms with E-state index in [2.05, 4.69) is 10.1 Å². The maximum atomic E-state index is 12.1. The molecule has 112 valence electrons. The maximum absolute atomic E-state index is 12.1. The van der Waals surface area contributed by atoms with Gasteiger partial charge in [-0.1, -0.05) is 5.16 Å². The van der Waals surface area contributed by atoms with Crippen LogP contribution in [0.4, 0.5) is 0 Å². The Labute approximate surface area is 120 Å². The summed E-state index contributed by atoms with van der Waals surface area (Å²) in [7, 11) is 1.57. The highest BCUT2D eigenvalue weighted by atomic mass is 16.5. The van der Waals surface area contributed by atoms with Crippen LogP contribution in [-0.2, 0) is 17.7 Å². The summed E-state index contributed by atoms with van der Waals surface area (Å²) in [5, 5.41) is 12.8. The molecule has 21 heavy (non-hydrogen) atoms. The standard InChI is InChI=1S/C13H15N3O5/c1-8-3-5-16(12(17)11(8)13(18)19)7-10-14-9(15-21-10)4-6-20-2/h3,5H,4,6-7H2,1-2H3,(H,18,19). The number of carboxylic acids is 1. The molecule has 2 rings (SSSR count). The average molecular weight is 293 g/mol. The second-order valence-electron chi connectivity index (χ2n) is 4.46. The molecule has 8 nitrogen and oxygen atoms in total. The van der Waals surface area contributed by atoms with Gasteiger partial charge in [-0.25, -0.2) is 4.79 Å². The number of hydrogen-bond acceptors (Lipinski definition) is 6. The SMILES string of the molecule is COCCc1noc(Cn2ccc(C)c(C(=O)O)c2=O)n1. The highest BCUT2D eigenvalue weighted by Gasteiger charge is 2.16. The molecule has 2 aromatic rings. The minimum Gasteiger partial charge on any atom is -0.477 e. The molecule has 0 fully saturated rings. The molecular weight excluding hydrogens is 278 g/mol. The van der Waals surface area contributed by atoms with Crippen molar-refractivity contribution < 1.29 is 19.2 Å². The van der Waals surface area contributed by atoms with Crippen LogP contribution in [-0.4, -0.2) is 39.5 Å². The lowest BCUT2D eigenvalue weighted by molar-refractivity contribution is 0.0693. The maximum Gasteiger partial charge on any atom is 0.341 e. The van der Waals surface area contributed by atoms with E-state index in [1.54, 1.807) is 20.1 Å². The largest absolute Gasteiger partial charge is 0.477 e. The zero-order chi connectivity index (χ0) is 15.4. The van der Waals surface area contributed by atoms with Crippen LogP contribution in [0.15, 0.2) is 21.6 Å². The summed E-state index contributed by atoms with van der Waals surface area (Å²) in [5.41, 5.74) is -0.439. The molecule has 0 aliphatic carbocycles. The molecule has 0 radical (unpaired) electrons. The van der Waals surface area contributed by atoms with E-state index >= 15 is 0 Å². The lowest BCUT2D eigenvalue weighted by Crippen LogP contribution is -2.27. The van der Waals surface area contributed by atoms with Crippen LogP contribution in [0.3, 0.4) is 0 Å². The van der Waals surface area contributed by atoms with Crippen molar-refractivity contribution in [3.05, 3.63) is 45.5 Å². The van der Waals surface area contributed by atoms with E-state index in [4.69, 9.17) is 14.4 Å². The highest BCUT2D eigenvalue weighted by Crippen LogP contribution is 2.05. The number of carboxylic acid groups (broad SMARTS) is 1. The third-order valence-electron chi connectivity index (χ3n) is 2.93. The second kappa shape index (κ2) is 6.31. The second-order valence-corrected chi connectivity index (χ2v) is 4.46. The van der Waals surface area contributed by atoms with E-state index in [-0.39, 0.29) is 18.0 Å². The van der Waals surface area contributed by atoms with Crippen molar-refractivity contribution in [2.24, 2.45) is 0 Å². The van der Waals surface area contributed by atoms with Crippen molar-refractivity contribution >= 4 is 5.97 Å². The van der Waals surface area contributed by atoms with Gasteiger partial charge in [-0.05, 0) is 18.6 Å². The Morgan fingerprint density at radius 3 is 2.95 bits per heavy atom. The van der Waals surface area contributed by atoms with Crippen LogP contribution in [0.2, 0.25) is 0 Å². The van der Waals surface area contributed by atoms with E-state index in [0.717, 1.165) is 0 Å². The minimum atomic E-state index is -1.25. The zero-order valence-corrected chi connectivity index (χ0v) is 11.7. The highest BCUT2D eigenvalue weighted by molar-refractivity contribution is 5.88. The van der Waals surface area contributed by atoms with Gasteiger partial charge < -0.3 is 18.9 Å². The molecule has 0 aliphatic heterocycles. The Bertz CT molecular complexity index is 704. The number of pyridine rings is 1. The van der Waals surface area contributed by atoms with Crippen molar-refractivity contribution in [2.45, 2.75) is 19.9 Å². The first-order chi connectivity index (χ1) is 10.0. The van der Waals surface area contributed by atoms with Crippen LogP contribution in [0.25, 0.3) is 0 Å². The van der Waals surface area contributed by atoms with E-state index < -0.39 is 11.5 Å². The number of hydrogen-bond donors (Lipinski definition) is 1. The molecule has 2 heterocycles. The molecule has 0 aliphatic rings. The Kier molecular flexibility index (Phi) is 4.49. The van der Waals surface area contributed by atoms with Gasteiger partial charge in [0, 0.05) is 19.7 Å². The molecule has 0 saturated heterocycles. The van der Waals surface area contributed by atoms with Gasteiger partial charge in [0.2, 0.25) is 5.89 Å². The van der Waals surface area contributed by atoms with Crippen LogP contribution >= 0.6 is 0 Å². The molecule has 1 N–H and O–H groups in total. The number of aryl methyl sites for hydroxylation is 1. The first kappa shape index (κ1) is 14.9. The summed E-state index contributed by atoms with van der Waals surface area (Å²) in [6.07, 6.45) is 2.01. The van der Waals surface area contributed by atoms with E-state index in [1.807, 2.05) is 0 Å². The minimum absolute atomic E-state index is 0.0272. The fourth-order valence-electron chi connectivity index (χ4n) is 1.84. The van der Waals surface area contributed by atoms with Crippen LogP contribution in [0, 0.1) is 6.92 Å². The monoisotopic (exact) mass is 293 g/mol. The number of ether oxygens (including phenoxy) is 1. The van der Waals surface area contributed by atoms with Gasteiger partial charge in [-0.15, -0.1) is 0 Å². The van der Waals surface area contributed by atoms with Gasteiger partial charge >= 0.3 is 5.97 Å². The molecule has 0 amide bonds. The molecule has 0 bridgehead atoms. The number of nitrogens with zero attached hydrogens (tertiary/aromatic N) is 3. The van der Waals surface area contributed by atoms with Gasteiger partial charge in [0.15, 0.2) is 5.82 Å². The van der Waals surface area contributed by atoms with Crippen LogP contribution < -0.4 is 5.56 Å². The van der Waals surface area contributed by atoms with Crippen molar-refractivity contribution in [1.29, 1.82) is 0 Å². The molecule has 0 unspecified atom stereocenters. The van der Waals surface area contributed by atoms with E-state index in [1.165, 1.54) is 10.8 Å². The Morgan fingerprint density at radius 2 is 2.29 bits per heavy atom. The lowest BCUT2D eigenvalue weighted by atomic mass is 10.1. The molecule has 2 aromatic heterocycles. The molecule has 0 atom stereocenters. The number of aromatic carboxylic acids is 1. The summed E-state index contributed by atoms with van der Waals surface area (Å²) >= 11 is 0. The van der Waals surface area contributed by atoms with Crippen LogP contribution in [0.1, 0.15) is 27.6 Å². The van der Waals surface area contributed by atoms with Crippen molar-refractivity contribution in [2.75, 3.05) is 13.7 Å². The molecule has 8 heteroatoms. The smallest absolute Gasteiger partial charge is 0.341 e. The van der Waals surface area contributed by atoms with Gasteiger partial charge in [-0.3, -0.25) is 4.79 Å². The Balaban J connectivity index is 2.24. The first-order valence-electron chi connectivity index (χ1n) is 6.26. The number of methoxy groups -OCH3 is 1. The van der Waals surface area contributed by atoms with Crippen LogP contribution in [0.5, 0.6) is 0 Å². The fourth-order valence-corrected chi connectivity index (χ4v) is 1.84. The fraction of sp³-hybridized carbons (Fsp3) is 0.385. The third kappa shape index (κ3) is 3.34. The molecule has 0 aromatic carbocycles. The Hall–Kier alpha value is -2.48. The van der Waals surface area contributed by atoms with Crippen molar-refractivity contribution in [3.63, 3.8) is 0 Å². The number of carbonyl (C=O) groups is 1. The summed E-state index contributed by atoms with van der Waals surface area (Å²) < 4.78 is 11.2. The third-order valence-corrected chi connectivity index (χ3v) is 2.93. The topological polar surface area (TPSA) is 107 Å². The summed E-state index contributed by atoms with van der Waals surface area (Å²) in [5.74, 6) is -0.535. The van der Waals surface area contributed by atoms with Crippen molar-refractivity contribution in [3.8, 4) is 0 Å². The van der Waals surface area contributed by atoms with Gasteiger partial charge in [0.25, 0.3) is 5.56 Å². The summed E-state index contributed by atoms with van der Waals surface area (Å²) in [6, 6.07) is 1.56. The molecular formula is C13H15N3O5.